The normalized spacial score (nSPS) is 11.2. The Kier molecular flexibility index (Phi) is 3.46. The number of aryl methyl sites for hydroxylation is 1. The molecule has 0 unspecified atom stereocenters. The first-order valence-electron chi connectivity index (χ1n) is 5.12. The van der Waals surface area contributed by atoms with E-state index in [4.69, 9.17) is 5.26 Å². The molecule has 10 heteroatoms. The Bertz CT molecular complexity index is 743. The monoisotopic (exact) mass is 301 g/mol. The molecule has 2 aromatic rings. The Morgan fingerprint density at radius 2 is 2.20 bits per heavy atom. The number of nitrogens with zero attached hydrogens (tertiary/aromatic N) is 3. The topological polar surface area (TPSA) is 94.5 Å². The Hall–Kier alpha value is -2.41. The van der Waals surface area contributed by atoms with Gasteiger partial charge in [-0.3, -0.25) is 9.17 Å². The quantitative estimate of drug-likeness (QED) is 0.886. The van der Waals surface area contributed by atoms with Crippen molar-refractivity contribution in [1.29, 1.82) is 5.26 Å². The fourth-order valence-electron chi connectivity index (χ4n) is 1.38. The summed E-state index contributed by atoms with van der Waals surface area (Å²) in [6, 6.07) is 1.65. The Labute approximate surface area is 114 Å². The molecule has 2 rings (SSSR count). The van der Waals surface area contributed by atoms with Crippen LogP contribution in [0.4, 0.5) is 24.1 Å². The van der Waals surface area contributed by atoms with E-state index in [1.165, 1.54) is 6.92 Å². The largest absolute Gasteiger partial charge is 0.433 e. The summed E-state index contributed by atoms with van der Waals surface area (Å²) in [5, 5.41) is 11.3. The molecule has 0 aromatic carbocycles. The van der Waals surface area contributed by atoms with Crippen molar-refractivity contribution in [3.8, 4) is 6.07 Å². The van der Waals surface area contributed by atoms with E-state index in [0.29, 0.717) is 0 Å². The molecule has 0 atom stereocenters. The van der Waals surface area contributed by atoms with Crippen LogP contribution in [0, 0.1) is 18.3 Å². The molecule has 0 aliphatic heterocycles. The van der Waals surface area contributed by atoms with Crippen LogP contribution in [0.1, 0.15) is 16.8 Å². The van der Waals surface area contributed by atoms with Crippen LogP contribution in [-0.2, 0) is 6.18 Å². The van der Waals surface area contributed by atoms with E-state index in [-0.39, 0.29) is 22.1 Å². The number of aromatic amines is 1. The van der Waals surface area contributed by atoms with Gasteiger partial charge in [0.05, 0.1) is 0 Å². The lowest BCUT2D eigenvalue weighted by atomic mass is 10.2. The van der Waals surface area contributed by atoms with Crippen LogP contribution in [-0.4, -0.2) is 14.3 Å². The molecule has 0 aliphatic carbocycles. The molecule has 104 valence electrons. The minimum atomic E-state index is -4.60. The third kappa shape index (κ3) is 2.62. The molecule has 0 amide bonds. The van der Waals surface area contributed by atoms with Crippen LogP contribution in [0.2, 0.25) is 0 Å². The maximum absolute atomic E-state index is 12.7. The number of nitriles is 1. The second-order valence-electron chi connectivity index (χ2n) is 3.70. The number of anilines is 2. The highest BCUT2D eigenvalue weighted by Gasteiger charge is 2.35. The average Bonchev–Trinajstić information content (AvgIpc) is 2.71. The number of H-pyrrole nitrogens is 1. The number of hydrogen-bond acceptors (Lipinski definition) is 6. The zero-order valence-corrected chi connectivity index (χ0v) is 10.7. The highest BCUT2D eigenvalue weighted by atomic mass is 32.1. The van der Waals surface area contributed by atoms with Gasteiger partial charge in [0.1, 0.15) is 11.1 Å². The Morgan fingerprint density at radius 3 is 2.80 bits per heavy atom. The number of aromatic nitrogens is 3. The minimum Gasteiger partial charge on any atom is -0.313 e. The van der Waals surface area contributed by atoms with Crippen molar-refractivity contribution in [3.63, 3.8) is 0 Å². The average molecular weight is 301 g/mol. The number of alkyl halides is 3. The third-order valence-electron chi connectivity index (χ3n) is 2.28. The lowest BCUT2D eigenvalue weighted by Gasteiger charge is -2.10. The first-order valence-corrected chi connectivity index (χ1v) is 5.94. The van der Waals surface area contributed by atoms with Crippen LogP contribution in [0.25, 0.3) is 0 Å². The second-order valence-corrected chi connectivity index (χ2v) is 4.51. The van der Waals surface area contributed by atoms with Gasteiger partial charge < -0.3 is 5.32 Å². The summed E-state index contributed by atoms with van der Waals surface area (Å²) in [5.41, 5.74) is -2.04. The lowest BCUT2D eigenvalue weighted by Crippen LogP contribution is -2.13. The molecule has 0 bridgehead atoms. The molecule has 6 nitrogen and oxygen atoms in total. The minimum absolute atomic E-state index is 0.0643. The van der Waals surface area contributed by atoms with Gasteiger partial charge >= 0.3 is 6.18 Å². The molecule has 0 spiro atoms. The van der Waals surface area contributed by atoms with Crippen LogP contribution in [0.15, 0.2) is 11.0 Å². The molecular formula is C10H6F3N5OS. The summed E-state index contributed by atoms with van der Waals surface area (Å²) in [6.45, 7) is 1.24. The molecule has 0 saturated heterocycles. The predicted molar refractivity (Wildman–Crippen MR) is 64.7 cm³/mol. The van der Waals surface area contributed by atoms with Gasteiger partial charge in [0.2, 0.25) is 5.95 Å². The highest BCUT2D eigenvalue weighted by Crippen LogP contribution is 2.31. The number of hydrogen-bond donors (Lipinski definition) is 2. The van der Waals surface area contributed by atoms with Crippen molar-refractivity contribution in [2.45, 2.75) is 13.1 Å². The first-order chi connectivity index (χ1) is 9.32. The fraction of sp³-hybridized carbons (Fsp3) is 0.200. The van der Waals surface area contributed by atoms with Crippen LogP contribution in [0.3, 0.4) is 0 Å². The summed E-state index contributed by atoms with van der Waals surface area (Å²) in [6.07, 6.45) is -3.59. The molecule has 0 radical (unpaired) electrons. The fourth-order valence-corrected chi connectivity index (χ4v) is 2.06. The zero-order valence-electron chi connectivity index (χ0n) is 9.87. The lowest BCUT2D eigenvalue weighted by molar-refractivity contribution is -0.141. The number of rotatable bonds is 2. The molecule has 2 heterocycles. The van der Waals surface area contributed by atoms with E-state index in [0.717, 1.165) is 17.7 Å². The van der Waals surface area contributed by atoms with E-state index in [9.17, 15) is 18.0 Å². The molecule has 0 fully saturated rings. The second kappa shape index (κ2) is 4.93. The number of halogens is 3. The molecule has 2 aromatic heterocycles. The standard InChI is InChI=1S/C10H6F3N5OS/c1-4-3-15-9(16-6(4)10(11,12)13)17-8-5(2-14)7(19)18-20-8/h3H,1H3,(H,18,19)(H,15,16,17). The summed E-state index contributed by atoms with van der Waals surface area (Å²) < 4.78 is 40.4. The molecule has 0 aliphatic rings. The van der Waals surface area contributed by atoms with E-state index in [1.807, 2.05) is 0 Å². The van der Waals surface area contributed by atoms with Crippen molar-refractivity contribution in [2.75, 3.05) is 5.32 Å². The third-order valence-corrected chi connectivity index (χ3v) is 3.08. The van der Waals surface area contributed by atoms with Crippen molar-refractivity contribution < 1.29 is 13.2 Å². The van der Waals surface area contributed by atoms with Gasteiger partial charge in [-0.15, -0.1) is 0 Å². The maximum atomic E-state index is 12.7. The number of nitrogens with one attached hydrogen (secondary N) is 2. The van der Waals surface area contributed by atoms with Crippen molar-refractivity contribution in [2.24, 2.45) is 0 Å². The van der Waals surface area contributed by atoms with Crippen molar-refractivity contribution >= 4 is 22.5 Å². The van der Waals surface area contributed by atoms with Gasteiger partial charge in [-0.2, -0.15) is 18.4 Å². The molecule has 0 saturated carbocycles. The van der Waals surface area contributed by atoms with E-state index < -0.39 is 17.4 Å². The summed E-state index contributed by atoms with van der Waals surface area (Å²) in [7, 11) is 0. The van der Waals surface area contributed by atoms with E-state index in [1.54, 1.807) is 6.07 Å². The van der Waals surface area contributed by atoms with Gasteiger partial charge in [-0.25, -0.2) is 9.97 Å². The van der Waals surface area contributed by atoms with E-state index in [2.05, 4.69) is 19.7 Å². The molecular weight excluding hydrogens is 295 g/mol. The summed E-state index contributed by atoms with van der Waals surface area (Å²) >= 11 is 0.781. The van der Waals surface area contributed by atoms with Gasteiger partial charge in [0, 0.05) is 6.20 Å². The summed E-state index contributed by atoms with van der Waals surface area (Å²) in [4.78, 5) is 18.3. The predicted octanol–water partition coefficient (Wildman–Crippen LogP) is 2.17. The highest BCUT2D eigenvalue weighted by molar-refractivity contribution is 7.10. The first kappa shape index (κ1) is 14.0. The summed E-state index contributed by atoms with van der Waals surface area (Å²) in [5.74, 6) is -0.338. The van der Waals surface area contributed by atoms with E-state index >= 15 is 0 Å². The van der Waals surface area contributed by atoms with Crippen LogP contribution >= 0.6 is 11.5 Å². The van der Waals surface area contributed by atoms with Crippen LogP contribution in [0.5, 0.6) is 0 Å². The zero-order chi connectivity index (χ0) is 14.9. The SMILES string of the molecule is Cc1cnc(Nc2s[nH]c(=O)c2C#N)nc1C(F)(F)F. The van der Waals surface area contributed by atoms with Gasteiger partial charge in [0.15, 0.2) is 11.3 Å². The van der Waals surface area contributed by atoms with Crippen LogP contribution < -0.4 is 10.9 Å². The molecule has 2 N–H and O–H groups in total. The molecule has 20 heavy (non-hydrogen) atoms. The van der Waals surface area contributed by atoms with Gasteiger partial charge in [-0.1, -0.05) is 0 Å². The Morgan fingerprint density at radius 1 is 1.50 bits per heavy atom. The Balaban J connectivity index is 2.41. The smallest absolute Gasteiger partial charge is 0.313 e. The van der Waals surface area contributed by atoms with Crippen molar-refractivity contribution in [1.82, 2.24) is 14.3 Å². The van der Waals surface area contributed by atoms with Gasteiger partial charge in [0.25, 0.3) is 5.56 Å². The maximum Gasteiger partial charge on any atom is 0.433 e. The van der Waals surface area contributed by atoms with Gasteiger partial charge in [-0.05, 0) is 24.0 Å². The van der Waals surface area contributed by atoms with Crippen molar-refractivity contribution in [3.05, 3.63) is 33.4 Å².